The molecule has 0 aliphatic heterocycles. The molecule has 2 amide bonds. The first kappa shape index (κ1) is 26.8. The number of hydrogen-bond acceptors (Lipinski definition) is 3. The van der Waals surface area contributed by atoms with Crippen LogP contribution in [-0.2, 0) is 22.6 Å². The highest BCUT2D eigenvalue weighted by atomic mass is 35.5. The fraction of sp³-hybridized carbons (Fsp3) is 0.310. The van der Waals surface area contributed by atoms with Gasteiger partial charge in [0.1, 0.15) is 6.04 Å². The molecular formula is C29H33ClN2O2S. The molecule has 6 heteroatoms. The highest BCUT2D eigenvalue weighted by Crippen LogP contribution is 2.22. The lowest BCUT2D eigenvalue weighted by molar-refractivity contribution is -0.141. The average Bonchev–Trinajstić information content (AvgIpc) is 2.86. The molecule has 3 aromatic rings. The van der Waals surface area contributed by atoms with Crippen molar-refractivity contribution in [3.05, 3.63) is 101 Å². The van der Waals surface area contributed by atoms with Gasteiger partial charge in [-0.1, -0.05) is 78.7 Å². The van der Waals surface area contributed by atoms with Gasteiger partial charge >= 0.3 is 0 Å². The third-order valence-corrected chi connectivity index (χ3v) is 6.92. The van der Waals surface area contributed by atoms with Gasteiger partial charge in [-0.2, -0.15) is 0 Å². The lowest BCUT2D eigenvalue weighted by Gasteiger charge is -2.31. The number of rotatable bonds is 12. The predicted octanol–water partition coefficient (Wildman–Crippen LogP) is 6.30. The van der Waals surface area contributed by atoms with Crippen LogP contribution < -0.4 is 5.32 Å². The minimum atomic E-state index is -0.611. The Balaban J connectivity index is 1.82. The summed E-state index contributed by atoms with van der Waals surface area (Å²) in [5.41, 5.74) is 3.13. The van der Waals surface area contributed by atoms with Crippen LogP contribution in [0.4, 0.5) is 0 Å². The number of hydrogen-bond donors (Lipinski definition) is 1. The summed E-state index contributed by atoms with van der Waals surface area (Å²) in [5.74, 6) is 0.470. The molecule has 0 aliphatic carbocycles. The summed E-state index contributed by atoms with van der Waals surface area (Å²) in [6.45, 7) is 4.98. The molecule has 0 saturated carbocycles. The quantitative estimate of drug-likeness (QED) is 0.292. The van der Waals surface area contributed by atoms with E-state index in [4.69, 9.17) is 11.6 Å². The number of benzene rings is 3. The number of aryl methyl sites for hydroxylation is 1. The van der Waals surface area contributed by atoms with E-state index in [0.717, 1.165) is 22.4 Å². The van der Waals surface area contributed by atoms with E-state index in [0.29, 0.717) is 36.7 Å². The molecule has 4 nitrogen and oxygen atoms in total. The first-order chi connectivity index (χ1) is 17.0. The van der Waals surface area contributed by atoms with Crippen LogP contribution >= 0.6 is 23.4 Å². The van der Waals surface area contributed by atoms with E-state index in [2.05, 4.69) is 36.5 Å². The molecule has 0 radical (unpaired) electrons. The molecule has 0 saturated heterocycles. The zero-order valence-corrected chi connectivity index (χ0v) is 21.9. The first-order valence-corrected chi connectivity index (χ1v) is 13.4. The van der Waals surface area contributed by atoms with Crippen molar-refractivity contribution in [2.45, 2.75) is 50.6 Å². The molecule has 0 aromatic heterocycles. The van der Waals surface area contributed by atoms with Gasteiger partial charge in [-0.15, -0.1) is 11.8 Å². The molecule has 35 heavy (non-hydrogen) atoms. The van der Waals surface area contributed by atoms with E-state index in [9.17, 15) is 9.59 Å². The molecule has 0 aliphatic rings. The van der Waals surface area contributed by atoms with Crippen LogP contribution in [0.5, 0.6) is 0 Å². The Labute approximate surface area is 218 Å². The van der Waals surface area contributed by atoms with Crippen molar-refractivity contribution in [3.8, 4) is 0 Å². The smallest absolute Gasteiger partial charge is 0.243 e. The van der Waals surface area contributed by atoms with Crippen LogP contribution in [0.25, 0.3) is 0 Å². The van der Waals surface area contributed by atoms with Gasteiger partial charge < -0.3 is 10.2 Å². The zero-order valence-electron chi connectivity index (χ0n) is 20.4. The minimum absolute atomic E-state index is 0.0443. The van der Waals surface area contributed by atoms with Gasteiger partial charge in [-0.3, -0.25) is 9.59 Å². The molecule has 184 valence electrons. The van der Waals surface area contributed by atoms with E-state index < -0.39 is 6.04 Å². The molecule has 1 N–H and O–H groups in total. The van der Waals surface area contributed by atoms with Gasteiger partial charge in [-0.25, -0.2) is 0 Å². The summed E-state index contributed by atoms with van der Waals surface area (Å²) in [5, 5.41) is 3.62. The SMILES string of the molecule is CCCNC(=O)[C@@H](Cc1ccccc1)N(Cc1cccc(Cl)c1)C(=O)CCSc1ccc(C)cc1. The van der Waals surface area contributed by atoms with Gasteiger partial charge in [0.05, 0.1) is 0 Å². The van der Waals surface area contributed by atoms with Crippen molar-refractivity contribution in [3.63, 3.8) is 0 Å². The maximum absolute atomic E-state index is 13.6. The van der Waals surface area contributed by atoms with E-state index >= 15 is 0 Å². The molecule has 3 aromatic carbocycles. The van der Waals surface area contributed by atoms with Crippen LogP contribution in [0.1, 0.15) is 36.5 Å². The summed E-state index contributed by atoms with van der Waals surface area (Å²) in [7, 11) is 0. The standard InChI is InChI=1S/C29H33ClN2O2S/c1-3-17-31-29(34)27(20-23-8-5-4-6-9-23)32(21-24-10-7-11-25(30)19-24)28(33)16-18-35-26-14-12-22(2)13-15-26/h4-15,19,27H,3,16-18,20-21H2,1-2H3,(H,31,34)/t27-/m1/s1. The van der Waals surface area contributed by atoms with Crippen LogP contribution in [-0.4, -0.2) is 35.1 Å². The zero-order chi connectivity index (χ0) is 25.0. The molecule has 1 atom stereocenters. The lowest BCUT2D eigenvalue weighted by Crippen LogP contribution is -2.50. The lowest BCUT2D eigenvalue weighted by atomic mass is 10.0. The molecule has 0 heterocycles. The second kappa shape index (κ2) is 14.0. The topological polar surface area (TPSA) is 49.4 Å². The van der Waals surface area contributed by atoms with Gasteiger partial charge in [0.25, 0.3) is 0 Å². The average molecular weight is 509 g/mol. The number of amides is 2. The Hall–Kier alpha value is -2.76. The fourth-order valence-corrected chi connectivity index (χ4v) is 4.84. The van der Waals surface area contributed by atoms with Gasteiger partial charge in [-0.05, 0) is 48.7 Å². The van der Waals surface area contributed by atoms with Crippen LogP contribution in [0.3, 0.4) is 0 Å². The van der Waals surface area contributed by atoms with Crippen molar-refractivity contribution in [2.75, 3.05) is 12.3 Å². The van der Waals surface area contributed by atoms with Crippen molar-refractivity contribution in [1.82, 2.24) is 10.2 Å². The fourth-order valence-electron chi connectivity index (χ4n) is 3.79. The normalized spacial score (nSPS) is 11.6. The number of nitrogens with one attached hydrogen (secondary N) is 1. The predicted molar refractivity (Wildman–Crippen MR) is 146 cm³/mol. The maximum Gasteiger partial charge on any atom is 0.243 e. The van der Waals surface area contributed by atoms with Gasteiger partial charge in [0.2, 0.25) is 11.8 Å². The van der Waals surface area contributed by atoms with E-state index in [1.807, 2.05) is 61.5 Å². The summed E-state index contributed by atoms with van der Waals surface area (Å²) >= 11 is 7.88. The highest BCUT2D eigenvalue weighted by Gasteiger charge is 2.30. The third kappa shape index (κ3) is 8.75. The number of carbonyl (C=O) groups excluding carboxylic acids is 2. The highest BCUT2D eigenvalue weighted by molar-refractivity contribution is 7.99. The summed E-state index contributed by atoms with van der Waals surface area (Å²) in [4.78, 5) is 29.7. The van der Waals surface area contributed by atoms with Gasteiger partial charge in [0, 0.05) is 41.6 Å². The van der Waals surface area contributed by atoms with Crippen molar-refractivity contribution in [2.24, 2.45) is 0 Å². The largest absolute Gasteiger partial charge is 0.354 e. The Bertz CT molecular complexity index is 1090. The monoisotopic (exact) mass is 508 g/mol. The van der Waals surface area contributed by atoms with E-state index in [-0.39, 0.29) is 11.8 Å². The number of thioether (sulfide) groups is 1. The minimum Gasteiger partial charge on any atom is -0.354 e. The molecule has 0 unspecified atom stereocenters. The molecule has 0 bridgehead atoms. The molecular weight excluding hydrogens is 476 g/mol. The molecule has 0 spiro atoms. The Morgan fingerprint density at radius 1 is 0.971 bits per heavy atom. The van der Waals surface area contributed by atoms with E-state index in [1.54, 1.807) is 16.7 Å². The number of nitrogens with zero attached hydrogens (tertiary/aromatic N) is 1. The van der Waals surface area contributed by atoms with Crippen LogP contribution in [0, 0.1) is 6.92 Å². The Kier molecular flexibility index (Phi) is 10.7. The maximum atomic E-state index is 13.6. The first-order valence-electron chi connectivity index (χ1n) is 12.0. The molecule has 3 rings (SSSR count). The van der Waals surface area contributed by atoms with Gasteiger partial charge in [0.15, 0.2) is 0 Å². The third-order valence-electron chi connectivity index (χ3n) is 5.67. The van der Waals surface area contributed by atoms with Crippen molar-refractivity contribution >= 4 is 35.2 Å². The summed E-state index contributed by atoms with van der Waals surface area (Å²) < 4.78 is 0. The Morgan fingerprint density at radius 2 is 1.69 bits per heavy atom. The number of halogens is 1. The summed E-state index contributed by atoms with van der Waals surface area (Å²) in [6, 6.07) is 25.0. The van der Waals surface area contributed by atoms with Crippen LogP contribution in [0.2, 0.25) is 5.02 Å². The van der Waals surface area contributed by atoms with Crippen molar-refractivity contribution < 1.29 is 9.59 Å². The van der Waals surface area contributed by atoms with E-state index in [1.165, 1.54) is 5.56 Å². The molecule has 0 fully saturated rings. The van der Waals surface area contributed by atoms with Crippen molar-refractivity contribution in [1.29, 1.82) is 0 Å². The Morgan fingerprint density at radius 3 is 2.37 bits per heavy atom. The second-order valence-corrected chi connectivity index (χ2v) is 10.2. The van der Waals surface area contributed by atoms with Crippen LogP contribution in [0.15, 0.2) is 83.8 Å². The number of carbonyl (C=O) groups is 2. The second-order valence-electron chi connectivity index (χ2n) is 8.56. The summed E-state index contributed by atoms with van der Waals surface area (Å²) in [6.07, 6.45) is 1.62.